The van der Waals surface area contributed by atoms with E-state index in [1.54, 1.807) is 27.9 Å². The van der Waals surface area contributed by atoms with Gasteiger partial charge in [0.15, 0.2) is 0 Å². The first kappa shape index (κ1) is 18.1. The number of amides is 1. The summed E-state index contributed by atoms with van der Waals surface area (Å²) in [5.74, 6) is -1.30. The van der Waals surface area contributed by atoms with Crippen LogP contribution in [0.5, 0.6) is 5.75 Å². The quantitative estimate of drug-likeness (QED) is 0.919. The van der Waals surface area contributed by atoms with Crippen molar-refractivity contribution < 1.29 is 24.2 Å². The van der Waals surface area contributed by atoms with Crippen LogP contribution in [0.3, 0.4) is 0 Å². The Morgan fingerprint density at radius 1 is 1.25 bits per heavy atom. The Balaban J connectivity index is 2.31. The number of carboxylic acid groups (broad SMARTS) is 1. The van der Waals surface area contributed by atoms with Crippen LogP contribution in [0.25, 0.3) is 0 Å². The molecule has 1 aromatic rings. The number of nitrogens with zero attached hydrogens (tertiary/aromatic N) is 1. The van der Waals surface area contributed by atoms with Crippen LogP contribution in [0.15, 0.2) is 18.2 Å². The predicted molar refractivity (Wildman–Crippen MR) is 89.4 cm³/mol. The Morgan fingerprint density at radius 3 is 2.46 bits per heavy atom. The monoisotopic (exact) mass is 335 g/mol. The van der Waals surface area contributed by atoms with Gasteiger partial charge in [0.2, 0.25) is 0 Å². The van der Waals surface area contributed by atoms with E-state index in [2.05, 4.69) is 0 Å². The minimum atomic E-state index is -0.922. The lowest BCUT2D eigenvalue weighted by molar-refractivity contribution is -0.141. The van der Waals surface area contributed by atoms with Gasteiger partial charge in [-0.15, -0.1) is 0 Å². The number of carboxylic acids is 1. The molecule has 1 aliphatic rings. The van der Waals surface area contributed by atoms with Gasteiger partial charge in [-0.1, -0.05) is 17.7 Å². The number of rotatable bonds is 3. The molecule has 6 nitrogen and oxygen atoms in total. The molecule has 0 spiro atoms. The molecule has 0 saturated carbocycles. The van der Waals surface area contributed by atoms with Crippen molar-refractivity contribution in [1.29, 1.82) is 0 Å². The van der Waals surface area contributed by atoms with Crippen LogP contribution < -0.4 is 4.74 Å². The molecule has 0 unspecified atom stereocenters. The van der Waals surface area contributed by atoms with Crippen molar-refractivity contribution in [2.45, 2.75) is 39.2 Å². The number of hydrogen-bond donors (Lipinski definition) is 1. The number of aryl methyl sites for hydroxylation is 1. The molecule has 0 aliphatic carbocycles. The Bertz CT molecular complexity index is 635. The molecule has 2 rings (SSSR count). The second-order valence-corrected chi connectivity index (χ2v) is 7.18. The summed E-state index contributed by atoms with van der Waals surface area (Å²) in [6.07, 6.45) is -0.483. The van der Waals surface area contributed by atoms with E-state index in [0.717, 1.165) is 11.1 Å². The van der Waals surface area contributed by atoms with Gasteiger partial charge in [-0.25, -0.2) is 4.79 Å². The maximum Gasteiger partial charge on any atom is 0.410 e. The molecule has 1 heterocycles. The number of aliphatic carboxylic acids is 1. The lowest BCUT2D eigenvalue weighted by Crippen LogP contribution is -2.35. The van der Waals surface area contributed by atoms with E-state index in [4.69, 9.17) is 9.47 Å². The van der Waals surface area contributed by atoms with Gasteiger partial charge in [0.25, 0.3) is 0 Å². The third kappa shape index (κ3) is 3.99. The second kappa shape index (κ2) is 6.71. The Hall–Kier alpha value is -2.24. The zero-order valence-electron chi connectivity index (χ0n) is 14.8. The third-order valence-electron chi connectivity index (χ3n) is 4.07. The lowest BCUT2D eigenvalue weighted by atomic mass is 9.87. The summed E-state index contributed by atoms with van der Waals surface area (Å²) in [6.45, 7) is 7.74. The molecular weight excluding hydrogens is 310 g/mol. The van der Waals surface area contributed by atoms with Gasteiger partial charge in [0.1, 0.15) is 11.4 Å². The summed E-state index contributed by atoms with van der Waals surface area (Å²) in [6, 6.07) is 5.68. The first-order chi connectivity index (χ1) is 11.1. The topological polar surface area (TPSA) is 76.1 Å². The van der Waals surface area contributed by atoms with Gasteiger partial charge < -0.3 is 19.5 Å². The minimum Gasteiger partial charge on any atom is -0.496 e. The molecule has 1 saturated heterocycles. The molecular formula is C18H25NO5. The van der Waals surface area contributed by atoms with E-state index in [-0.39, 0.29) is 12.5 Å². The van der Waals surface area contributed by atoms with Crippen molar-refractivity contribution >= 4 is 12.1 Å². The number of ether oxygens (including phenoxy) is 2. The molecule has 2 atom stereocenters. The van der Waals surface area contributed by atoms with Gasteiger partial charge in [0.05, 0.1) is 13.0 Å². The van der Waals surface area contributed by atoms with Gasteiger partial charge >= 0.3 is 12.1 Å². The number of methoxy groups -OCH3 is 1. The van der Waals surface area contributed by atoms with Crippen molar-refractivity contribution in [1.82, 2.24) is 4.90 Å². The number of benzene rings is 1. The van der Waals surface area contributed by atoms with Gasteiger partial charge in [-0.2, -0.15) is 0 Å². The standard InChI is InChI=1S/C18H25NO5/c1-11-6-7-15(23-5)12(8-11)13-9-19(10-14(13)16(20)21)17(22)24-18(2,3)4/h6-8,13-14H,9-10H2,1-5H3,(H,20,21)/t13-,14+/m0/s1. The normalized spacial score (nSPS) is 20.8. The Morgan fingerprint density at radius 2 is 1.92 bits per heavy atom. The van der Waals surface area contributed by atoms with Gasteiger partial charge in [-0.05, 0) is 33.8 Å². The van der Waals surface area contributed by atoms with Crippen LogP contribution in [-0.4, -0.2) is 47.9 Å². The van der Waals surface area contributed by atoms with E-state index < -0.39 is 23.6 Å². The van der Waals surface area contributed by atoms with Crippen molar-refractivity contribution in [3.8, 4) is 5.75 Å². The van der Waals surface area contributed by atoms with E-state index >= 15 is 0 Å². The highest BCUT2D eigenvalue weighted by Crippen LogP contribution is 2.38. The fourth-order valence-corrected chi connectivity index (χ4v) is 2.99. The number of carbonyl (C=O) groups is 2. The molecule has 0 radical (unpaired) electrons. The highest BCUT2D eigenvalue weighted by molar-refractivity contribution is 5.76. The molecule has 0 aromatic heterocycles. The minimum absolute atomic E-state index is 0.131. The molecule has 24 heavy (non-hydrogen) atoms. The fourth-order valence-electron chi connectivity index (χ4n) is 2.99. The highest BCUT2D eigenvalue weighted by Gasteiger charge is 2.42. The molecule has 1 fully saturated rings. The second-order valence-electron chi connectivity index (χ2n) is 7.18. The van der Waals surface area contributed by atoms with Crippen LogP contribution in [0.2, 0.25) is 0 Å². The average Bonchev–Trinajstić information content (AvgIpc) is 2.90. The molecule has 1 aromatic carbocycles. The van der Waals surface area contributed by atoms with Crippen molar-refractivity contribution in [2.24, 2.45) is 5.92 Å². The maximum absolute atomic E-state index is 12.3. The zero-order chi connectivity index (χ0) is 18.1. The SMILES string of the molecule is COc1ccc(C)cc1[C@@H]1CN(C(=O)OC(C)(C)C)C[C@H]1C(=O)O. The number of likely N-dealkylation sites (tertiary alicyclic amines) is 1. The largest absolute Gasteiger partial charge is 0.496 e. The van der Waals surface area contributed by atoms with Crippen LogP contribution in [0.4, 0.5) is 4.79 Å². The summed E-state index contributed by atoms with van der Waals surface area (Å²) in [5, 5.41) is 9.59. The molecule has 0 bridgehead atoms. The Kier molecular flexibility index (Phi) is 5.06. The van der Waals surface area contributed by atoms with Crippen molar-refractivity contribution in [3.05, 3.63) is 29.3 Å². The van der Waals surface area contributed by atoms with E-state index in [1.807, 2.05) is 25.1 Å². The van der Waals surface area contributed by atoms with Gasteiger partial charge in [0, 0.05) is 24.6 Å². The first-order valence-electron chi connectivity index (χ1n) is 7.97. The molecule has 1 N–H and O–H groups in total. The zero-order valence-corrected chi connectivity index (χ0v) is 14.8. The van der Waals surface area contributed by atoms with Crippen molar-refractivity contribution in [3.63, 3.8) is 0 Å². The average molecular weight is 335 g/mol. The molecule has 1 aliphatic heterocycles. The summed E-state index contributed by atoms with van der Waals surface area (Å²) < 4.78 is 10.8. The van der Waals surface area contributed by atoms with E-state index in [1.165, 1.54) is 4.90 Å². The first-order valence-corrected chi connectivity index (χ1v) is 7.97. The lowest BCUT2D eigenvalue weighted by Gasteiger charge is -2.24. The smallest absolute Gasteiger partial charge is 0.410 e. The summed E-state index contributed by atoms with van der Waals surface area (Å²) >= 11 is 0. The highest BCUT2D eigenvalue weighted by atomic mass is 16.6. The van der Waals surface area contributed by atoms with E-state index in [0.29, 0.717) is 12.3 Å². The van der Waals surface area contributed by atoms with Crippen molar-refractivity contribution in [2.75, 3.05) is 20.2 Å². The van der Waals surface area contributed by atoms with Crippen LogP contribution in [0, 0.1) is 12.8 Å². The number of carbonyl (C=O) groups excluding carboxylic acids is 1. The molecule has 6 heteroatoms. The van der Waals surface area contributed by atoms with Crippen LogP contribution >= 0.6 is 0 Å². The summed E-state index contributed by atoms with van der Waals surface area (Å²) in [7, 11) is 1.56. The van der Waals surface area contributed by atoms with Gasteiger partial charge in [-0.3, -0.25) is 4.79 Å². The molecule has 132 valence electrons. The third-order valence-corrected chi connectivity index (χ3v) is 4.07. The fraction of sp³-hybridized carbons (Fsp3) is 0.556. The summed E-state index contributed by atoms with van der Waals surface area (Å²) in [5.41, 5.74) is 1.22. The maximum atomic E-state index is 12.3. The molecule has 1 amide bonds. The Labute approximate surface area is 142 Å². The van der Waals surface area contributed by atoms with E-state index in [9.17, 15) is 14.7 Å². The predicted octanol–water partition coefficient (Wildman–Crippen LogP) is 3.04. The summed E-state index contributed by atoms with van der Waals surface area (Å²) in [4.78, 5) is 25.5. The van der Waals surface area contributed by atoms with Crippen LogP contribution in [-0.2, 0) is 9.53 Å². The van der Waals surface area contributed by atoms with Crippen LogP contribution in [0.1, 0.15) is 37.8 Å². The number of hydrogen-bond acceptors (Lipinski definition) is 4.